The first-order valence-electron chi connectivity index (χ1n) is 7.77. The summed E-state index contributed by atoms with van der Waals surface area (Å²) >= 11 is 7.07. The molecule has 0 aromatic heterocycles. The zero-order chi connectivity index (χ0) is 14.6. The number of hydrogen-bond acceptors (Lipinski definition) is 1. The summed E-state index contributed by atoms with van der Waals surface area (Å²) in [5.41, 5.74) is 0.187. The SMILES string of the molecule is CC12CC3CC(C1)CC(C(=O)NC(C)(CBr)CBr)(C3)C2. The third-order valence-electron chi connectivity index (χ3n) is 5.84. The molecule has 20 heavy (non-hydrogen) atoms. The van der Waals surface area contributed by atoms with Crippen LogP contribution in [0.15, 0.2) is 0 Å². The highest BCUT2D eigenvalue weighted by Crippen LogP contribution is 2.65. The predicted molar refractivity (Wildman–Crippen MR) is 89.4 cm³/mol. The van der Waals surface area contributed by atoms with E-state index in [4.69, 9.17) is 0 Å². The minimum Gasteiger partial charge on any atom is -0.349 e. The van der Waals surface area contributed by atoms with Crippen LogP contribution in [0.2, 0.25) is 0 Å². The third kappa shape index (κ3) is 2.49. The van der Waals surface area contributed by atoms with Gasteiger partial charge in [-0.1, -0.05) is 38.8 Å². The molecule has 0 aromatic rings. The number of halogens is 2. The van der Waals surface area contributed by atoms with Crippen LogP contribution < -0.4 is 5.32 Å². The van der Waals surface area contributed by atoms with E-state index >= 15 is 0 Å². The molecule has 2 nitrogen and oxygen atoms in total. The second-order valence-electron chi connectivity index (χ2n) is 8.33. The van der Waals surface area contributed by atoms with E-state index < -0.39 is 0 Å². The molecule has 0 radical (unpaired) electrons. The van der Waals surface area contributed by atoms with E-state index in [1.807, 2.05) is 0 Å². The van der Waals surface area contributed by atoms with Crippen LogP contribution in [-0.2, 0) is 4.79 Å². The molecule has 4 bridgehead atoms. The van der Waals surface area contributed by atoms with Crippen molar-refractivity contribution in [2.45, 2.75) is 57.9 Å². The zero-order valence-electron chi connectivity index (χ0n) is 12.5. The summed E-state index contributed by atoms with van der Waals surface area (Å²) in [4.78, 5) is 13.0. The number of carbonyl (C=O) groups is 1. The Labute approximate surface area is 139 Å². The fourth-order valence-electron chi connectivity index (χ4n) is 5.50. The zero-order valence-corrected chi connectivity index (χ0v) is 15.6. The number of hydrogen-bond donors (Lipinski definition) is 1. The molecule has 4 aliphatic rings. The van der Waals surface area contributed by atoms with Crippen molar-refractivity contribution in [3.8, 4) is 0 Å². The van der Waals surface area contributed by atoms with Crippen molar-refractivity contribution in [3.63, 3.8) is 0 Å². The Morgan fingerprint density at radius 3 is 2.20 bits per heavy atom. The predicted octanol–water partition coefficient (Wildman–Crippen LogP) is 4.26. The molecule has 1 amide bonds. The molecule has 2 unspecified atom stereocenters. The maximum atomic E-state index is 13.0. The van der Waals surface area contributed by atoms with Crippen molar-refractivity contribution in [2.24, 2.45) is 22.7 Å². The Hall–Kier alpha value is 0.430. The highest BCUT2D eigenvalue weighted by atomic mass is 79.9. The number of carbonyl (C=O) groups excluding carboxylic acids is 1. The van der Waals surface area contributed by atoms with Gasteiger partial charge < -0.3 is 5.32 Å². The summed E-state index contributed by atoms with van der Waals surface area (Å²) in [7, 11) is 0. The third-order valence-corrected chi connectivity index (χ3v) is 8.32. The van der Waals surface area contributed by atoms with Crippen LogP contribution in [0.3, 0.4) is 0 Å². The van der Waals surface area contributed by atoms with Gasteiger partial charge >= 0.3 is 0 Å². The largest absolute Gasteiger partial charge is 0.349 e. The quantitative estimate of drug-likeness (QED) is 0.694. The minimum absolute atomic E-state index is 0.0650. The second kappa shape index (κ2) is 4.97. The Balaban J connectivity index is 1.81. The van der Waals surface area contributed by atoms with E-state index in [9.17, 15) is 4.79 Å². The fourth-order valence-corrected chi connectivity index (χ4v) is 6.70. The van der Waals surface area contributed by atoms with Gasteiger partial charge in [0.1, 0.15) is 0 Å². The van der Waals surface area contributed by atoms with E-state index in [-0.39, 0.29) is 11.0 Å². The van der Waals surface area contributed by atoms with Crippen molar-refractivity contribution in [2.75, 3.05) is 10.7 Å². The first kappa shape index (κ1) is 15.3. The Kier molecular flexibility index (Phi) is 3.81. The van der Waals surface area contributed by atoms with Crippen LogP contribution in [0.5, 0.6) is 0 Å². The van der Waals surface area contributed by atoms with Gasteiger partial charge in [-0.2, -0.15) is 0 Å². The first-order chi connectivity index (χ1) is 9.32. The number of amides is 1. The van der Waals surface area contributed by atoms with E-state index in [2.05, 4.69) is 51.0 Å². The second-order valence-corrected chi connectivity index (χ2v) is 9.46. The molecule has 4 rings (SSSR count). The number of alkyl halides is 2. The summed E-state index contributed by atoms with van der Waals surface area (Å²) in [5.74, 6) is 1.91. The first-order valence-corrected chi connectivity index (χ1v) is 10.0. The molecule has 1 N–H and O–H groups in total. The van der Waals surface area contributed by atoms with Gasteiger partial charge in [0.05, 0.1) is 11.0 Å². The van der Waals surface area contributed by atoms with Crippen LogP contribution in [0.4, 0.5) is 0 Å². The lowest BCUT2D eigenvalue weighted by Crippen LogP contribution is -2.60. The van der Waals surface area contributed by atoms with Crippen LogP contribution in [0.25, 0.3) is 0 Å². The molecular weight excluding hydrogens is 382 g/mol. The lowest BCUT2D eigenvalue weighted by molar-refractivity contribution is -0.156. The smallest absolute Gasteiger partial charge is 0.226 e. The Morgan fingerprint density at radius 2 is 1.75 bits per heavy atom. The van der Waals surface area contributed by atoms with Gasteiger partial charge in [-0.15, -0.1) is 0 Å². The van der Waals surface area contributed by atoms with E-state index in [1.165, 1.54) is 19.3 Å². The molecule has 114 valence electrons. The van der Waals surface area contributed by atoms with E-state index in [1.54, 1.807) is 0 Å². The normalized spacial score (nSPS) is 42.8. The minimum atomic E-state index is -0.179. The van der Waals surface area contributed by atoms with Crippen LogP contribution >= 0.6 is 31.9 Å². The molecule has 0 spiro atoms. The molecule has 4 aliphatic carbocycles. The Bertz CT molecular complexity index is 405. The van der Waals surface area contributed by atoms with Gasteiger partial charge in [-0.3, -0.25) is 4.79 Å². The standard InChI is InChI=1S/C16H25Br2NO/c1-14-4-11-3-12(5-14)7-16(6-11,8-14)13(20)19-15(2,9-17)10-18/h11-12H,3-10H2,1-2H3,(H,19,20). The van der Waals surface area contributed by atoms with Gasteiger partial charge in [0.25, 0.3) is 0 Å². The average molecular weight is 407 g/mol. The van der Waals surface area contributed by atoms with E-state index in [0.29, 0.717) is 11.3 Å². The van der Waals surface area contributed by atoms with Crippen molar-refractivity contribution in [1.82, 2.24) is 5.32 Å². The van der Waals surface area contributed by atoms with Gasteiger partial charge in [-0.05, 0) is 62.7 Å². The summed E-state index contributed by atoms with van der Waals surface area (Å²) in [6.45, 7) is 4.53. The molecule has 0 saturated heterocycles. The van der Waals surface area contributed by atoms with Gasteiger partial charge in [0.15, 0.2) is 0 Å². The van der Waals surface area contributed by atoms with Crippen LogP contribution in [0.1, 0.15) is 52.4 Å². The molecule has 4 fully saturated rings. The van der Waals surface area contributed by atoms with Gasteiger partial charge in [0, 0.05) is 10.7 Å². The van der Waals surface area contributed by atoms with Crippen molar-refractivity contribution in [3.05, 3.63) is 0 Å². The lowest BCUT2D eigenvalue weighted by Gasteiger charge is -2.60. The van der Waals surface area contributed by atoms with Crippen molar-refractivity contribution >= 4 is 37.8 Å². The van der Waals surface area contributed by atoms with Gasteiger partial charge in [-0.25, -0.2) is 0 Å². The lowest BCUT2D eigenvalue weighted by atomic mass is 9.44. The summed E-state index contributed by atoms with van der Waals surface area (Å²) in [5, 5.41) is 4.91. The number of nitrogens with one attached hydrogen (secondary N) is 1. The van der Waals surface area contributed by atoms with Gasteiger partial charge in [0.2, 0.25) is 5.91 Å². The molecule has 0 heterocycles. The van der Waals surface area contributed by atoms with Crippen molar-refractivity contribution in [1.29, 1.82) is 0 Å². The van der Waals surface area contributed by atoms with Crippen LogP contribution in [-0.4, -0.2) is 22.1 Å². The molecule has 0 aromatic carbocycles. The average Bonchev–Trinajstić information content (AvgIpc) is 2.35. The summed E-state index contributed by atoms with van der Waals surface area (Å²) < 4.78 is 0. The molecular formula is C16H25Br2NO. The van der Waals surface area contributed by atoms with Crippen molar-refractivity contribution < 1.29 is 4.79 Å². The Morgan fingerprint density at radius 1 is 1.20 bits per heavy atom. The molecule has 4 heteroatoms. The summed E-state index contributed by atoms with van der Waals surface area (Å²) in [6.07, 6.45) is 7.45. The maximum absolute atomic E-state index is 13.0. The van der Waals surface area contributed by atoms with E-state index in [0.717, 1.165) is 41.8 Å². The highest BCUT2D eigenvalue weighted by molar-refractivity contribution is 9.09. The maximum Gasteiger partial charge on any atom is 0.226 e. The number of rotatable bonds is 4. The van der Waals surface area contributed by atoms with Crippen LogP contribution in [0, 0.1) is 22.7 Å². The summed E-state index contributed by atoms with van der Waals surface area (Å²) in [6, 6.07) is 0. The molecule has 4 saturated carbocycles. The molecule has 0 aliphatic heterocycles. The fraction of sp³-hybridized carbons (Fsp3) is 0.938. The monoisotopic (exact) mass is 405 g/mol. The highest BCUT2D eigenvalue weighted by Gasteiger charge is 2.59. The topological polar surface area (TPSA) is 29.1 Å². The molecule has 2 atom stereocenters.